The number of carbonyl (C=O) groups is 1. The zero-order valence-electron chi connectivity index (χ0n) is 13.7. The van der Waals surface area contributed by atoms with Gasteiger partial charge in [0.2, 0.25) is 5.91 Å². The number of hydrazone groups is 1. The van der Waals surface area contributed by atoms with Crippen molar-refractivity contribution < 1.29 is 9.53 Å². The van der Waals surface area contributed by atoms with Crippen LogP contribution in [0.25, 0.3) is 0 Å². The van der Waals surface area contributed by atoms with Crippen LogP contribution in [0.3, 0.4) is 0 Å². The Morgan fingerprint density at radius 1 is 1.39 bits per heavy atom. The van der Waals surface area contributed by atoms with Crippen LogP contribution in [0, 0.1) is 13.8 Å². The van der Waals surface area contributed by atoms with Crippen molar-refractivity contribution in [2.45, 2.75) is 33.6 Å². The minimum absolute atomic E-state index is 0.129. The molecule has 6 heteroatoms. The number of hydrogen-bond donors (Lipinski definition) is 2. The van der Waals surface area contributed by atoms with E-state index in [4.69, 9.17) is 4.74 Å². The lowest BCUT2D eigenvalue weighted by Crippen LogP contribution is -2.18. The number of H-pyrrole nitrogens is 1. The fourth-order valence-corrected chi connectivity index (χ4v) is 2.28. The summed E-state index contributed by atoms with van der Waals surface area (Å²) in [4.78, 5) is 11.9. The summed E-state index contributed by atoms with van der Waals surface area (Å²) in [6, 6.07) is 7.56. The van der Waals surface area contributed by atoms with Crippen molar-refractivity contribution >= 4 is 12.1 Å². The monoisotopic (exact) mass is 314 g/mol. The van der Waals surface area contributed by atoms with Crippen molar-refractivity contribution in [3.05, 3.63) is 46.8 Å². The number of aryl methyl sites for hydroxylation is 2. The number of carbonyl (C=O) groups excluding carboxylic acids is 1. The maximum absolute atomic E-state index is 11.9. The van der Waals surface area contributed by atoms with E-state index in [-0.39, 0.29) is 5.91 Å². The number of aromatic nitrogens is 2. The van der Waals surface area contributed by atoms with Gasteiger partial charge in [-0.3, -0.25) is 9.89 Å². The molecule has 0 aliphatic carbocycles. The van der Waals surface area contributed by atoms with Crippen LogP contribution < -0.4 is 10.2 Å². The number of aromatic amines is 1. The highest BCUT2D eigenvalue weighted by Crippen LogP contribution is 2.15. The van der Waals surface area contributed by atoms with E-state index in [1.807, 2.05) is 45.0 Å². The lowest BCUT2D eigenvalue weighted by molar-refractivity contribution is -0.121. The molecule has 2 aromatic rings. The summed E-state index contributed by atoms with van der Waals surface area (Å²) in [5, 5.41) is 11.0. The summed E-state index contributed by atoms with van der Waals surface area (Å²) in [7, 11) is 0. The van der Waals surface area contributed by atoms with Gasteiger partial charge in [0.1, 0.15) is 5.75 Å². The quantitative estimate of drug-likeness (QED) is 0.609. The van der Waals surface area contributed by atoms with E-state index in [1.54, 1.807) is 6.21 Å². The molecule has 0 saturated carbocycles. The number of hydrogen-bond acceptors (Lipinski definition) is 4. The molecular weight excluding hydrogens is 292 g/mol. The molecule has 0 aliphatic heterocycles. The van der Waals surface area contributed by atoms with E-state index in [9.17, 15) is 4.79 Å². The van der Waals surface area contributed by atoms with E-state index in [1.165, 1.54) is 0 Å². The summed E-state index contributed by atoms with van der Waals surface area (Å²) in [6.07, 6.45) is 2.61. The molecule has 0 bridgehead atoms. The zero-order valence-corrected chi connectivity index (χ0v) is 13.7. The summed E-state index contributed by atoms with van der Waals surface area (Å²) in [5.41, 5.74) is 6.40. The van der Waals surface area contributed by atoms with Crippen LogP contribution in [0.15, 0.2) is 29.4 Å². The topological polar surface area (TPSA) is 79.4 Å². The smallest absolute Gasteiger partial charge is 0.240 e. The average molecular weight is 314 g/mol. The van der Waals surface area contributed by atoms with Crippen molar-refractivity contribution in [1.29, 1.82) is 0 Å². The second-order valence-corrected chi connectivity index (χ2v) is 5.18. The second kappa shape index (κ2) is 8.12. The number of ether oxygens (including phenoxy) is 1. The Hall–Kier alpha value is -2.63. The van der Waals surface area contributed by atoms with E-state index in [2.05, 4.69) is 20.7 Å². The molecule has 0 spiro atoms. The van der Waals surface area contributed by atoms with Crippen LogP contribution in [0.2, 0.25) is 0 Å². The molecule has 23 heavy (non-hydrogen) atoms. The zero-order chi connectivity index (χ0) is 16.7. The van der Waals surface area contributed by atoms with Crippen LogP contribution in [-0.2, 0) is 11.2 Å². The average Bonchev–Trinajstić information content (AvgIpc) is 2.86. The number of nitrogens with zero attached hydrogens (tertiary/aromatic N) is 2. The molecule has 2 N–H and O–H groups in total. The van der Waals surface area contributed by atoms with E-state index in [0.29, 0.717) is 19.4 Å². The van der Waals surface area contributed by atoms with Gasteiger partial charge in [-0.25, -0.2) is 5.43 Å². The number of rotatable bonds is 7. The van der Waals surface area contributed by atoms with Crippen molar-refractivity contribution in [2.24, 2.45) is 5.10 Å². The summed E-state index contributed by atoms with van der Waals surface area (Å²) in [6.45, 7) is 6.39. The van der Waals surface area contributed by atoms with E-state index in [0.717, 1.165) is 28.3 Å². The first-order chi connectivity index (χ1) is 11.1. The number of amides is 1. The fourth-order valence-electron chi connectivity index (χ4n) is 2.28. The second-order valence-electron chi connectivity index (χ2n) is 5.18. The molecule has 0 unspecified atom stereocenters. The summed E-state index contributed by atoms with van der Waals surface area (Å²) in [5.74, 6) is 0.618. The van der Waals surface area contributed by atoms with E-state index >= 15 is 0 Å². The minimum atomic E-state index is -0.129. The first-order valence-electron chi connectivity index (χ1n) is 7.66. The maximum atomic E-state index is 11.9. The normalized spacial score (nSPS) is 10.9. The van der Waals surface area contributed by atoms with Crippen molar-refractivity contribution in [1.82, 2.24) is 15.6 Å². The lowest BCUT2D eigenvalue weighted by Gasteiger charge is -2.06. The molecular formula is C17H22N4O2. The summed E-state index contributed by atoms with van der Waals surface area (Å²) < 4.78 is 5.50. The third-order valence-electron chi connectivity index (χ3n) is 3.49. The van der Waals surface area contributed by atoms with Crippen molar-refractivity contribution in [3.63, 3.8) is 0 Å². The highest BCUT2D eigenvalue weighted by molar-refractivity contribution is 5.85. The summed E-state index contributed by atoms with van der Waals surface area (Å²) >= 11 is 0. The Balaban J connectivity index is 1.87. The molecule has 0 atom stereocenters. The molecule has 122 valence electrons. The molecule has 1 heterocycles. The van der Waals surface area contributed by atoms with Crippen molar-refractivity contribution in [3.8, 4) is 5.75 Å². The first kappa shape index (κ1) is 16.7. The molecule has 1 aromatic heterocycles. The molecule has 6 nitrogen and oxygen atoms in total. The SMILES string of the molecule is CCOc1ccccc1C=NNC(=O)CCc1c(C)n[nH]c1C. The number of para-hydroxylation sites is 1. The predicted octanol–water partition coefficient (Wildman–Crippen LogP) is 2.51. The standard InChI is InChI=1S/C17H22N4O2/c1-4-23-16-8-6-5-7-14(16)11-18-21-17(22)10-9-15-12(2)19-20-13(15)3/h5-8,11H,4,9-10H2,1-3H3,(H,19,20)(H,21,22). The highest BCUT2D eigenvalue weighted by Gasteiger charge is 2.08. The highest BCUT2D eigenvalue weighted by atomic mass is 16.5. The van der Waals surface area contributed by atoms with E-state index < -0.39 is 0 Å². The molecule has 0 aliphatic rings. The minimum Gasteiger partial charge on any atom is -0.493 e. The molecule has 1 aromatic carbocycles. The molecule has 0 saturated heterocycles. The van der Waals surface area contributed by atoms with Gasteiger partial charge in [0.15, 0.2) is 0 Å². The van der Waals surface area contributed by atoms with Crippen molar-refractivity contribution in [2.75, 3.05) is 6.61 Å². The maximum Gasteiger partial charge on any atom is 0.240 e. The van der Waals surface area contributed by atoms with Crippen LogP contribution >= 0.6 is 0 Å². The first-order valence-corrected chi connectivity index (χ1v) is 7.66. The van der Waals surface area contributed by atoms with Crippen LogP contribution in [0.4, 0.5) is 0 Å². The molecule has 0 radical (unpaired) electrons. The number of nitrogens with one attached hydrogen (secondary N) is 2. The predicted molar refractivity (Wildman–Crippen MR) is 89.7 cm³/mol. The van der Waals surface area contributed by atoms with Gasteiger partial charge in [-0.15, -0.1) is 0 Å². The fraction of sp³-hybridized carbons (Fsp3) is 0.353. The van der Waals surface area contributed by atoms with Gasteiger partial charge in [-0.1, -0.05) is 12.1 Å². The Labute approximate surface area is 135 Å². The Bertz CT molecular complexity index is 672. The van der Waals surface area contributed by atoms with Gasteiger partial charge in [0, 0.05) is 17.7 Å². The third kappa shape index (κ3) is 4.67. The third-order valence-corrected chi connectivity index (χ3v) is 3.49. The molecule has 1 amide bonds. The van der Waals surface area contributed by atoms with Crippen LogP contribution in [-0.4, -0.2) is 28.9 Å². The Kier molecular flexibility index (Phi) is 5.91. The molecule has 2 rings (SSSR count). The van der Waals surface area contributed by atoms with Crippen LogP contribution in [0.5, 0.6) is 5.75 Å². The van der Waals surface area contributed by atoms with Gasteiger partial charge in [0.05, 0.1) is 18.5 Å². The van der Waals surface area contributed by atoms with Gasteiger partial charge >= 0.3 is 0 Å². The number of benzene rings is 1. The van der Waals surface area contributed by atoms with Gasteiger partial charge in [-0.05, 0) is 44.9 Å². The molecule has 0 fully saturated rings. The Morgan fingerprint density at radius 3 is 2.87 bits per heavy atom. The Morgan fingerprint density at radius 2 is 2.17 bits per heavy atom. The lowest BCUT2D eigenvalue weighted by atomic mass is 10.1. The van der Waals surface area contributed by atoms with Gasteiger partial charge < -0.3 is 4.74 Å². The largest absolute Gasteiger partial charge is 0.493 e. The van der Waals surface area contributed by atoms with Gasteiger partial charge in [0.25, 0.3) is 0 Å². The van der Waals surface area contributed by atoms with Gasteiger partial charge in [-0.2, -0.15) is 10.2 Å². The van der Waals surface area contributed by atoms with Crippen LogP contribution in [0.1, 0.15) is 35.9 Å².